The molecule has 0 unspecified atom stereocenters. The van der Waals surface area contributed by atoms with Gasteiger partial charge in [0.25, 0.3) is 0 Å². The van der Waals surface area contributed by atoms with Crippen LogP contribution in [0.5, 0.6) is 0 Å². The molecule has 0 fully saturated rings. The molecule has 0 N–H and O–H groups in total. The van der Waals surface area contributed by atoms with Gasteiger partial charge >= 0.3 is 0 Å². The van der Waals surface area contributed by atoms with E-state index in [4.69, 9.17) is 0 Å². The lowest BCUT2D eigenvalue weighted by Gasteiger charge is -1.93. The second-order valence-electron chi connectivity index (χ2n) is 5.19. The van der Waals surface area contributed by atoms with E-state index in [0.29, 0.717) is 19.3 Å². The van der Waals surface area contributed by atoms with Gasteiger partial charge in [-0.3, -0.25) is 14.9 Å². The maximum atomic E-state index is 10.9. The van der Waals surface area contributed by atoms with Crippen molar-refractivity contribution in [1.82, 2.24) is 0 Å². The van der Waals surface area contributed by atoms with Gasteiger partial charge in [-0.05, 0) is 44.6 Å². The van der Waals surface area contributed by atoms with E-state index in [9.17, 15) is 14.9 Å². The predicted octanol–water partition coefficient (Wildman–Crippen LogP) is 5.62. The molecule has 4 heteroatoms. The van der Waals surface area contributed by atoms with Crippen molar-refractivity contribution < 1.29 is 9.72 Å². The molecule has 4 nitrogen and oxygen atoms in total. The Hall–Kier alpha value is -2.23. The maximum Gasteiger partial charge on any atom is 0.246 e. The van der Waals surface area contributed by atoms with Crippen molar-refractivity contribution in [2.45, 2.75) is 58.3 Å². The highest BCUT2D eigenvalue weighted by Gasteiger charge is 2.05. The molecule has 0 aromatic rings. The molecule has 0 aromatic heterocycles. The summed E-state index contributed by atoms with van der Waals surface area (Å²) in [6.45, 7) is 2.00. The molecule has 0 amide bonds. The van der Waals surface area contributed by atoms with Crippen molar-refractivity contribution in [3.63, 3.8) is 0 Å². The smallest absolute Gasteiger partial charge is 0.246 e. The fourth-order valence-corrected chi connectivity index (χ4v) is 1.86. The minimum absolute atomic E-state index is 0.247. The van der Waals surface area contributed by atoms with Crippen LogP contribution in [0, 0.1) is 10.1 Å². The van der Waals surface area contributed by atoms with Crippen molar-refractivity contribution in [3.05, 3.63) is 70.5 Å². The van der Waals surface area contributed by atoms with Crippen molar-refractivity contribution in [2.24, 2.45) is 0 Å². The number of carbonyl (C=O) groups excluding carboxylic acids is 1. The third-order valence-corrected chi connectivity index (χ3v) is 3.15. The first kappa shape index (κ1) is 21.8. The first-order valence-electron chi connectivity index (χ1n) is 8.50. The average molecular weight is 330 g/mol. The molecule has 0 aromatic carbocycles. The zero-order chi connectivity index (χ0) is 17.9. The molecule has 0 bridgehead atoms. The number of rotatable bonds is 14. The van der Waals surface area contributed by atoms with E-state index in [0.717, 1.165) is 32.1 Å². The van der Waals surface area contributed by atoms with E-state index in [-0.39, 0.29) is 10.6 Å². The third-order valence-electron chi connectivity index (χ3n) is 3.15. The molecule has 0 heterocycles. The molecule has 0 saturated carbocycles. The van der Waals surface area contributed by atoms with Gasteiger partial charge in [0.2, 0.25) is 5.70 Å². The Morgan fingerprint density at radius 1 is 0.958 bits per heavy atom. The van der Waals surface area contributed by atoms with E-state index in [1.807, 2.05) is 37.5 Å². The summed E-state index contributed by atoms with van der Waals surface area (Å²) in [6, 6.07) is 0. The van der Waals surface area contributed by atoms with Crippen LogP contribution in [0.15, 0.2) is 60.4 Å². The van der Waals surface area contributed by atoms with Crippen molar-refractivity contribution in [2.75, 3.05) is 0 Å². The maximum absolute atomic E-state index is 10.9. The van der Waals surface area contributed by atoms with Gasteiger partial charge in [-0.15, -0.1) is 0 Å². The number of nitrogens with zero attached hydrogens (tertiary/aromatic N) is 1. The molecule has 0 aliphatic carbocycles. The Morgan fingerprint density at radius 2 is 1.58 bits per heavy atom. The molecular weight excluding hydrogens is 302 g/mol. The van der Waals surface area contributed by atoms with Crippen LogP contribution in [0.25, 0.3) is 0 Å². The third kappa shape index (κ3) is 14.7. The standard InChI is InChI=1S/C20H28NO3/c1-2-3-14-17-20(21(23)24)18-15-12-10-8-6-4-5-7-9-11-13-16-19-22/h3-4,6-7,9-10,12,14,18H,2,5,8,11,13,15-17H2,1H3/b6-4+,9-7+,12-10+,14-3+,20-18-. The minimum atomic E-state index is -0.312. The Morgan fingerprint density at radius 3 is 2.17 bits per heavy atom. The monoisotopic (exact) mass is 330 g/mol. The SMILES string of the molecule is CC/C=C/C/C(=C/C/C=C/C/C=C/C/C=C/CCC[C]=O)[N+](=O)[O-]. The number of allylic oxidation sites excluding steroid dienone is 9. The van der Waals surface area contributed by atoms with Gasteiger partial charge in [0, 0.05) is 6.42 Å². The van der Waals surface area contributed by atoms with Crippen LogP contribution < -0.4 is 0 Å². The van der Waals surface area contributed by atoms with Crippen molar-refractivity contribution in [3.8, 4) is 0 Å². The highest BCUT2D eigenvalue weighted by atomic mass is 16.6. The summed E-state index contributed by atoms with van der Waals surface area (Å²) in [5, 5.41) is 10.9. The first-order valence-corrected chi connectivity index (χ1v) is 8.50. The van der Waals surface area contributed by atoms with Crippen LogP contribution in [-0.4, -0.2) is 11.2 Å². The average Bonchev–Trinajstić information content (AvgIpc) is 2.57. The Balaban J connectivity index is 3.91. The Kier molecular flexibility index (Phi) is 15.5. The quantitative estimate of drug-likeness (QED) is 0.180. The first-order chi connectivity index (χ1) is 11.7. The number of hydrogen-bond acceptors (Lipinski definition) is 3. The fourth-order valence-electron chi connectivity index (χ4n) is 1.86. The summed E-state index contributed by atoms with van der Waals surface area (Å²) in [5.41, 5.74) is 0.247. The molecule has 0 aliphatic heterocycles. The van der Waals surface area contributed by atoms with E-state index >= 15 is 0 Å². The van der Waals surface area contributed by atoms with E-state index in [2.05, 4.69) is 24.3 Å². The normalized spacial score (nSPS) is 13.0. The van der Waals surface area contributed by atoms with E-state index in [1.165, 1.54) is 0 Å². The molecule has 0 saturated heterocycles. The number of unbranched alkanes of at least 4 members (excludes halogenated alkanes) is 2. The van der Waals surface area contributed by atoms with Crippen LogP contribution in [0.2, 0.25) is 0 Å². The topological polar surface area (TPSA) is 60.2 Å². The lowest BCUT2D eigenvalue weighted by Crippen LogP contribution is -1.97. The van der Waals surface area contributed by atoms with E-state index < -0.39 is 0 Å². The van der Waals surface area contributed by atoms with Gasteiger partial charge in [-0.25, -0.2) is 0 Å². The molecule has 24 heavy (non-hydrogen) atoms. The number of hydrogen-bond donors (Lipinski definition) is 0. The molecule has 0 atom stereocenters. The van der Waals surface area contributed by atoms with Gasteiger partial charge < -0.3 is 0 Å². The molecule has 0 aliphatic rings. The summed E-state index contributed by atoms with van der Waals surface area (Å²) in [5.74, 6) is 0. The molecule has 131 valence electrons. The molecule has 0 rings (SSSR count). The highest BCUT2D eigenvalue weighted by Crippen LogP contribution is 2.06. The van der Waals surface area contributed by atoms with Crippen LogP contribution in [-0.2, 0) is 4.79 Å². The zero-order valence-electron chi connectivity index (χ0n) is 14.5. The van der Waals surface area contributed by atoms with Gasteiger partial charge in [-0.1, -0.05) is 55.5 Å². The second kappa shape index (κ2) is 17.1. The Bertz CT molecular complexity index is 485. The lowest BCUT2D eigenvalue weighted by molar-refractivity contribution is -0.427. The Labute approximate surface area is 145 Å². The van der Waals surface area contributed by atoms with Gasteiger partial charge in [0.05, 0.1) is 11.3 Å². The number of nitro groups is 1. The summed E-state index contributed by atoms with van der Waals surface area (Å²) in [4.78, 5) is 20.6. The lowest BCUT2D eigenvalue weighted by atomic mass is 10.2. The van der Waals surface area contributed by atoms with Crippen LogP contribution in [0.3, 0.4) is 0 Å². The second-order valence-corrected chi connectivity index (χ2v) is 5.19. The summed E-state index contributed by atoms with van der Waals surface area (Å²) in [7, 11) is 0. The van der Waals surface area contributed by atoms with Gasteiger partial charge in [-0.2, -0.15) is 0 Å². The van der Waals surface area contributed by atoms with Crippen LogP contribution in [0.1, 0.15) is 58.3 Å². The molecule has 0 spiro atoms. The van der Waals surface area contributed by atoms with Crippen LogP contribution >= 0.6 is 0 Å². The van der Waals surface area contributed by atoms with Crippen molar-refractivity contribution >= 4 is 6.29 Å². The van der Waals surface area contributed by atoms with Crippen molar-refractivity contribution in [1.29, 1.82) is 0 Å². The van der Waals surface area contributed by atoms with Crippen LogP contribution in [0.4, 0.5) is 0 Å². The summed E-state index contributed by atoms with van der Waals surface area (Å²) < 4.78 is 0. The van der Waals surface area contributed by atoms with Gasteiger partial charge in [0.1, 0.15) is 0 Å². The zero-order valence-corrected chi connectivity index (χ0v) is 14.5. The summed E-state index contributed by atoms with van der Waals surface area (Å²) in [6.07, 6.45) is 25.4. The fraction of sp³-hybridized carbons (Fsp3) is 0.450. The largest absolute Gasteiger partial charge is 0.291 e. The minimum Gasteiger partial charge on any atom is -0.291 e. The molecule has 1 radical (unpaired) electrons. The molecular formula is C20H28NO3. The highest BCUT2D eigenvalue weighted by molar-refractivity contribution is 5.50. The predicted molar refractivity (Wildman–Crippen MR) is 99.9 cm³/mol. The van der Waals surface area contributed by atoms with E-state index in [1.54, 1.807) is 6.08 Å². The van der Waals surface area contributed by atoms with Gasteiger partial charge in [0.15, 0.2) is 6.29 Å². The summed E-state index contributed by atoms with van der Waals surface area (Å²) >= 11 is 0.